The number of thiazole rings is 1. The fourth-order valence-electron chi connectivity index (χ4n) is 1.90. The van der Waals surface area contributed by atoms with Gasteiger partial charge in [-0.1, -0.05) is 13.8 Å². The third kappa shape index (κ3) is 2.73. The fourth-order valence-corrected chi connectivity index (χ4v) is 2.62. The van der Waals surface area contributed by atoms with E-state index in [4.69, 9.17) is 0 Å². The van der Waals surface area contributed by atoms with Gasteiger partial charge in [-0.15, -0.1) is 11.3 Å². The van der Waals surface area contributed by atoms with Crippen molar-refractivity contribution in [2.24, 2.45) is 0 Å². The fraction of sp³-hybridized carbons (Fsp3) is 0.500. The maximum atomic E-state index is 4.41. The molecule has 0 saturated carbocycles. The molecule has 17 heavy (non-hydrogen) atoms. The van der Waals surface area contributed by atoms with Gasteiger partial charge in [0, 0.05) is 18.1 Å². The van der Waals surface area contributed by atoms with Crippen LogP contribution >= 0.6 is 11.3 Å². The summed E-state index contributed by atoms with van der Waals surface area (Å²) in [7, 11) is 0. The molecule has 2 rings (SSSR count). The first-order valence-electron chi connectivity index (χ1n) is 5.99. The summed E-state index contributed by atoms with van der Waals surface area (Å²) in [6, 6.07) is 0.161. The molecule has 0 saturated heterocycles. The Hall–Kier alpha value is -1.20. The normalized spacial score (nSPS) is 12.8. The summed E-state index contributed by atoms with van der Waals surface area (Å²) in [5, 5.41) is 6.59. The molecule has 0 amide bonds. The average molecular weight is 250 g/mol. The predicted molar refractivity (Wildman–Crippen MR) is 70.2 cm³/mol. The van der Waals surface area contributed by atoms with E-state index >= 15 is 0 Å². The molecule has 0 fully saturated rings. The van der Waals surface area contributed by atoms with Gasteiger partial charge < -0.3 is 9.88 Å². The molecule has 92 valence electrons. The Morgan fingerprint density at radius 3 is 3.00 bits per heavy atom. The van der Waals surface area contributed by atoms with Crippen LogP contribution in [0.2, 0.25) is 0 Å². The molecule has 5 heteroatoms. The summed E-state index contributed by atoms with van der Waals surface area (Å²) in [6.45, 7) is 6.21. The quantitative estimate of drug-likeness (QED) is 0.856. The van der Waals surface area contributed by atoms with Crippen LogP contribution < -0.4 is 5.32 Å². The van der Waals surface area contributed by atoms with Gasteiger partial charge in [0.05, 0.1) is 18.2 Å². The Balaban J connectivity index is 2.29. The van der Waals surface area contributed by atoms with E-state index in [2.05, 4.69) is 33.7 Å². The Labute approximate surface area is 106 Å². The molecule has 0 spiro atoms. The van der Waals surface area contributed by atoms with Crippen LogP contribution in [0.5, 0.6) is 0 Å². The Morgan fingerprint density at radius 1 is 1.47 bits per heavy atom. The van der Waals surface area contributed by atoms with Crippen LogP contribution in [0, 0.1) is 0 Å². The second-order valence-corrected chi connectivity index (χ2v) is 4.80. The molecule has 0 aromatic carbocycles. The van der Waals surface area contributed by atoms with Gasteiger partial charge in [0.1, 0.15) is 11.0 Å². The number of nitrogens with one attached hydrogen (secondary N) is 1. The van der Waals surface area contributed by atoms with Gasteiger partial charge in [-0.05, 0) is 13.0 Å². The van der Waals surface area contributed by atoms with Crippen molar-refractivity contribution in [2.75, 3.05) is 6.54 Å². The zero-order valence-corrected chi connectivity index (χ0v) is 11.1. The first-order chi connectivity index (χ1) is 8.36. The molecule has 0 aliphatic heterocycles. The zero-order chi connectivity index (χ0) is 12.1. The highest BCUT2D eigenvalue weighted by Gasteiger charge is 2.19. The number of rotatable bonds is 6. The number of hydrogen-bond donors (Lipinski definition) is 1. The monoisotopic (exact) mass is 250 g/mol. The van der Waals surface area contributed by atoms with Gasteiger partial charge in [0.2, 0.25) is 0 Å². The second-order valence-electron chi connectivity index (χ2n) is 3.87. The third-order valence-corrected chi connectivity index (χ3v) is 3.45. The summed E-state index contributed by atoms with van der Waals surface area (Å²) in [5.41, 5.74) is 1.20. The summed E-state index contributed by atoms with van der Waals surface area (Å²) in [6.07, 6.45) is 6.80. The summed E-state index contributed by atoms with van der Waals surface area (Å²) < 4.78 is 2.20. The molecule has 1 atom stereocenters. The Morgan fingerprint density at radius 2 is 2.35 bits per heavy atom. The Bertz CT molecular complexity index is 435. The van der Waals surface area contributed by atoms with Crippen LogP contribution in [0.15, 0.2) is 24.1 Å². The zero-order valence-electron chi connectivity index (χ0n) is 10.3. The minimum Gasteiger partial charge on any atom is -0.333 e. The first kappa shape index (κ1) is 12.3. The second kappa shape index (κ2) is 5.93. The summed E-state index contributed by atoms with van der Waals surface area (Å²) in [5.74, 6) is 0. The lowest BCUT2D eigenvalue weighted by molar-refractivity contribution is 0.557. The number of imidazole rings is 1. The highest BCUT2D eigenvalue weighted by atomic mass is 32.1. The van der Waals surface area contributed by atoms with E-state index < -0.39 is 0 Å². The van der Waals surface area contributed by atoms with Crippen molar-refractivity contribution in [1.29, 1.82) is 0 Å². The predicted octanol–water partition coefficient (Wildman–Crippen LogP) is 2.45. The number of hydrogen-bond acceptors (Lipinski definition) is 4. The van der Waals surface area contributed by atoms with E-state index in [0.29, 0.717) is 0 Å². The van der Waals surface area contributed by atoms with Crippen molar-refractivity contribution in [3.63, 3.8) is 0 Å². The number of nitrogens with zero attached hydrogens (tertiary/aromatic N) is 3. The molecular weight excluding hydrogens is 232 g/mol. The lowest BCUT2D eigenvalue weighted by Crippen LogP contribution is -2.24. The molecule has 2 aromatic heterocycles. The van der Waals surface area contributed by atoms with Gasteiger partial charge in [0.25, 0.3) is 0 Å². The topological polar surface area (TPSA) is 42.7 Å². The minimum atomic E-state index is 0.161. The van der Waals surface area contributed by atoms with Crippen LogP contribution in [0.25, 0.3) is 0 Å². The Kier molecular flexibility index (Phi) is 4.28. The van der Waals surface area contributed by atoms with Crippen molar-refractivity contribution in [3.05, 3.63) is 34.8 Å². The van der Waals surface area contributed by atoms with E-state index in [9.17, 15) is 0 Å². The molecule has 0 bridgehead atoms. The van der Waals surface area contributed by atoms with Gasteiger partial charge in [-0.2, -0.15) is 0 Å². The highest BCUT2D eigenvalue weighted by molar-refractivity contribution is 7.09. The van der Waals surface area contributed by atoms with Crippen molar-refractivity contribution in [2.45, 2.75) is 32.9 Å². The molecule has 4 nitrogen and oxygen atoms in total. The molecule has 0 aliphatic rings. The lowest BCUT2D eigenvalue weighted by atomic mass is 10.2. The smallest absolute Gasteiger partial charge is 0.116 e. The third-order valence-electron chi connectivity index (χ3n) is 2.61. The standard InChI is InChI=1S/C12H18N4S/c1-3-6-16-9-13-8-10(16)11(14-4-2)12-15-5-7-17-12/h5,7-9,11,14H,3-4,6H2,1-2H3. The molecular formula is C12H18N4S. The van der Waals surface area contributed by atoms with Crippen LogP contribution in [0.4, 0.5) is 0 Å². The van der Waals surface area contributed by atoms with Crippen LogP contribution in [-0.4, -0.2) is 21.1 Å². The molecule has 2 aromatic rings. The maximum absolute atomic E-state index is 4.41. The van der Waals surface area contributed by atoms with E-state index in [-0.39, 0.29) is 6.04 Å². The molecule has 1 N–H and O–H groups in total. The van der Waals surface area contributed by atoms with Gasteiger partial charge in [-0.3, -0.25) is 0 Å². The summed E-state index contributed by atoms with van der Waals surface area (Å²) in [4.78, 5) is 8.66. The van der Waals surface area contributed by atoms with E-state index in [1.54, 1.807) is 11.3 Å². The van der Waals surface area contributed by atoms with Gasteiger partial charge in [-0.25, -0.2) is 9.97 Å². The van der Waals surface area contributed by atoms with E-state index in [0.717, 1.165) is 24.5 Å². The van der Waals surface area contributed by atoms with Crippen LogP contribution in [0.3, 0.4) is 0 Å². The molecule has 0 radical (unpaired) electrons. The molecule has 0 aliphatic carbocycles. The average Bonchev–Trinajstić information content (AvgIpc) is 2.97. The largest absolute Gasteiger partial charge is 0.333 e. The van der Waals surface area contributed by atoms with E-state index in [1.165, 1.54) is 5.69 Å². The maximum Gasteiger partial charge on any atom is 0.116 e. The highest BCUT2D eigenvalue weighted by Crippen LogP contribution is 2.23. The first-order valence-corrected chi connectivity index (χ1v) is 6.87. The van der Waals surface area contributed by atoms with E-state index in [1.807, 2.05) is 24.1 Å². The van der Waals surface area contributed by atoms with Crippen molar-refractivity contribution < 1.29 is 0 Å². The summed E-state index contributed by atoms with van der Waals surface area (Å²) >= 11 is 1.68. The molecule has 2 heterocycles. The van der Waals surface area contributed by atoms with Crippen molar-refractivity contribution >= 4 is 11.3 Å². The van der Waals surface area contributed by atoms with Crippen molar-refractivity contribution in [1.82, 2.24) is 19.9 Å². The minimum absolute atomic E-state index is 0.161. The SMILES string of the molecule is CCCn1cncc1C(NCC)c1nccs1. The lowest BCUT2D eigenvalue weighted by Gasteiger charge is -2.17. The number of aromatic nitrogens is 3. The van der Waals surface area contributed by atoms with Crippen LogP contribution in [-0.2, 0) is 6.54 Å². The molecule has 1 unspecified atom stereocenters. The van der Waals surface area contributed by atoms with Gasteiger partial charge in [0.15, 0.2) is 0 Å². The van der Waals surface area contributed by atoms with Crippen molar-refractivity contribution in [3.8, 4) is 0 Å². The van der Waals surface area contributed by atoms with Crippen LogP contribution in [0.1, 0.15) is 37.0 Å². The number of aryl methyl sites for hydroxylation is 1. The van der Waals surface area contributed by atoms with Gasteiger partial charge >= 0.3 is 0 Å².